The molecule has 0 bridgehead atoms. The second-order valence-electron chi connectivity index (χ2n) is 6.79. The highest BCUT2D eigenvalue weighted by Crippen LogP contribution is 2.33. The average Bonchev–Trinajstić information content (AvgIpc) is 2.61. The number of nitrogens with zero attached hydrogens (tertiary/aromatic N) is 3. The third-order valence-corrected chi connectivity index (χ3v) is 5.14. The summed E-state index contributed by atoms with van der Waals surface area (Å²) in [4.78, 5) is 9.65. The molecule has 1 N–H and O–H groups in total. The van der Waals surface area contributed by atoms with Gasteiger partial charge in [0.1, 0.15) is 16.5 Å². The van der Waals surface area contributed by atoms with E-state index in [1.54, 1.807) is 6.82 Å². The van der Waals surface area contributed by atoms with E-state index in [4.69, 9.17) is 11.6 Å². The molecule has 1 aromatic carbocycles. The van der Waals surface area contributed by atoms with Gasteiger partial charge in [-0.15, -0.1) is 0 Å². The van der Waals surface area contributed by atoms with E-state index in [1.807, 2.05) is 24.3 Å². The fourth-order valence-corrected chi connectivity index (χ4v) is 3.72. The van der Waals surface area contributed by atoms with E-state index >= 15 is 0 Å². The maximum absolute atomic E-state index is 12.7. The molecule has 1 atom stereocenters. The first-order valence-electron chi connectivity index (χ1n) is 8.87. The third-order valence-electron chi connectivity index (χ3n) is 4.85. The van der Waals surface area contributed by atoms with Crippen molar-refractivity contribution in [1.82, 2.24) is 14.8 Å². The molecular weight excluding hydrogens is 377 g/mol. The van der Waals surface area contributed by atoms with E-state index in [0.29, 0.717) is 6.42 Å². The van der Waals surface area contributed by atoms with Crippen molar-refractivity contribution >= 4 is 18.7 Å². The van der Waals surface area contributed by atoms with Gasteiger partial charge in [-0.25, -0.2) is 9.97 Å². The first kappa shape index (κ1) is 20.1. The van der Waals surface area contributed by atoms with Crippen LogP contribution in [0.2, 0.25) is 12.0 Å². The summed E-state index contributed by atoms with van der Waals surface area (Å²) in [5, 5.41) is 9.40. The molecule has 2 aromatic rings. The van der Waals surface area contributed by atoms with Gasteiger partial charge in [-0.3, -0.25) is 0 Å². The van der Waals surface area contributed by atoms with Crippen molar-refractivity contribution in [3.8, 4) is 0 Å². The van der Waals surface area contributed by atoms with Crippen LogP contribution in [-0.4, -0.2) is 33.4 Å². The standard InChI is InChI=1S/C18H20BClF3N3O/c1-19(27)26-9-3-2-4-15(26)13-7-5-12(6-8-13)10-16-24-11-14(17(20)25-16)18(21,22)23/h5-8,11,15,27H,2-4,9-10H2,1H3. The van der Waals surface area contributed by atoms with E-state index in [1.165, 1.54) is 0 Å². The number of aromatic nitrogens is 2. The van der Waals surface area contributed by atoms with Gasteiger partial charge >= 0.3 is 13.2 Å². The number of benzene rings is 1. The Hall–Kier alpha value is -1.64. The quantitative estimate of drug-likeness (QED) is 0.614. The Morgan fingerprint density at radius 2 is 1.96 bits per heavy atom. The molecule has 0 spiro atoms. The number of rotatable bonds is 4. The molecule has 0 saturated carbocycles. The average molecular weight is 398 g/mol. The van der Waals surface area contributed by atoms with Crippen LogP contribution in [0.15, 0.2) is 30.5 Å². The maximum Gasteiger partial charge on any atom is 0.420 e. The summed E-state index contributed by atoms with van der Waals surface area (Å²) < 4.78 is 38.2. The SMILES string of the molecule is CB(O)N1CCCCC1c1ccc(Cc2ncc(C(F)(F)F)c(Cl)n2)cc1. The highest BCUT2D eigenvalue weighted by molar-refractivity contribution is 6.45. The fraction of sp³-hybridized carbons (Fsp3) is 0.444. The molecule has 1 unspecified atom stereocenters. The van der Waals surface area contributed by atoms with Gasteiger partial charge in [-0.1, -0.05) is 42.3 Å². The normalized spacial score (nSPS) is 18.5. The van der Waals surface area contributed by atoms with Gasteiger partial charge in [0.2, 0.25) is 0 Å². The van der Waals surface area contributed by atoms with Gasteiger partial charge in [-0.05, 0) is 37.3 Å². The van der Waals surface area contributed by atoms with Crippen molar-refractivity contribution in [2.75, 3.05) is 6.54 Å². The molecular formula is C18H20BClF3N3O. The second kappa shape index (κ2) is 8.16. The largest absolute Gasteiger partial charge is 0.437 e. The monoisotopic (exact) mass is 397 g/mol. The van der Waals surface area contributed by atoms with Gasteiger partial charge in [0.05, 0.1) is 0 Å². The molecule has 1 fully saturated rings. The van der Waals surface area contributed by atoms with E-state index < -0.39 is 23.9 Å². The second-order valence-corrected chi connectivity index (χ2v) is 7.15. The van der Waals surface area contributed by atoms with Crippen LogP contribution in [0, 0.1) is 0 Å². The maximum atomic E-state index is 12.7. The van der Waals surface area contributed by atoms with Crippen molar-refractivity contribution in [1.29, 1.82) is 0 Å². The lowest BCUT2D eigenvalue weighted by Crippen LogP contribution is -2.43. The molecule has 9 heteroatoms. The summed E-state index contributed by atoms with van der Waals surface area (Å²) in [6, 6.07) is 7.99. The van der Waals surface area contributed by atoms with Crippen LogP contribution < -0.4 is 0 Å². The molecule has 1 aliphatic rings. The fourth-order valence-electron chi connectivity index (χ4n) is 3.47. The van der Waals surface area contributed by atoms with Crippen LogP contribution in [0.25, 0.3) is 0 Å². The minimum absolute atomic E-state index is 0.171. The van der Waals surface area contributed by atoms with Gasteiger partial charge < -0.3 is 9.83 Å². The zero-order valence-electron chi connectivity index (χ0n) is 14.9. The van der Waals surface area contributed by atoms with Crippen molar-refractivity contribution in [2.45, 2.75) is 44.7 Å². The highest BCUT2D eigenvalue weighted by atomic mass is 35.5. The van der Waals surface area contributed by atoms with Crippen molar-refractivity contribution in [2.24, 2.45) is 0 Å². The van der Waals surface area contributed by atoms with Crippen LogP contribution in [0.5, 0.6) is 0 Å². The number of piperidine rings is 1. The molecule has 27 heavy (non-hydrogen) atoms. The van der Waals surface area contributed by atoms with Crippen molar-refractivity contribution in [3.63, 3.8) is 0 Å². The number of hydrogen-bond donors (Lipinski definition) is 1. The first-order chi connectivity index (χ1) is 12.8. The van der Waals surface area contributed by atoms with Gasteiger partial charge in [0, 0.05) is 18.7 Å². The Labute approximate surface area is 161 Å². The lowest BCUT2D eigenvalue weighted by molar-refractivity contribution is -0.138. The van der Waals surface area contributed by atoms with Crippen LogP contribution >= 0.6 is 11.6 Å². The van der Waals surface area contributed by atoms with Gasteiger partial charge in [0.25, 0.3) is 0 Å². The summed E-state index contributed by atoms with van der Waals surface area (Å²) in [6.45, 7) is 2.64. The number of halogens is 4. The van der Waals surface area contributed by atoms with E-state index in [2.05, 4.69) is 14.8 Å². The molecule has 0 amide bonds. The Balaban J connectivity index is 1.73. The predicted molar refractivity (Wildman–Crippen MR) is 98.4 cm³/mol. The summed E-state index contributed by atoms with van der Waals surface area (Å²) in [5.74, 6) is 0.240. The summed E-state index contributed by atoms with van der Waals surface area (Å²) >= 11 is 5.65. The molecule has 1 aliphatic heterocycles. The Bertz CT molecular complexity index is 786. The molecule has 1 saturated heterocycles. The Kier molecular flexibility index (Phi) is 6.08. The molecule has 4 nitrogen and oxygen atoms in total. The number of hydrogen-bond acceptors (Lipinski definition) is 4. The van der Waals surface area contributed by atoms with Crippen LogP contribution in [0.4, 0.5) is 13.2 Å². The Morgan fingerprint density at radius 1 is 1.26 bits per heavy atom. The van der Waals surface area contributed by atoms with Crippen molar-refractivity contribution < 1.29 is 18.2 Å². The summed E-state index contributed by atoms with van der Waals surface area (Å²) in [7, 11) is -0.502. The third kappa shape index (κ3) is 4.80. The first-order valence-corrected chi connectivity index (χ1v) is 9.25. The van der Waals surface area contributed by atoms with Crippen LogP contribution in [0.1, 0.15) is 47.8 Å². The highest BCUT2D eigenvalue weighted by Gasteiger charge is 2.34. The minimum atomic E-state index is -4.56. The van der Waals surface area contributed by atoms with Crippen molar-refractivity contribution in [3.05, 3.63) is 58.1 Å². The Morgan fingerprint density at radius 3 is 2.56 bits per heavy atom. The zero-order chi connectivity index (χ0) is 19.6. The van der Waals surface area contributed by atoms with E-state index in [9.17, 15) is 18.2 Å². The smallest absolute Gasteiger partial charge is 0.420 e. The molecule has 144 valence electrons. The summed E-state index contributed by atoms with van der Waals surface area (Å²) in [5.41, 5.74) is 0.971. The lowest BCUT2D eigenvalue weighted by Gasteiger charge is -2.37. The van der Waals surface area contributed by atoms with Gasteiger partial charge in [-0.2, -0.15) is 13.2 Å². The molecule has 3 rings (SSSR count). The van der Waals surface area contributed by atoms with Crippen LogP contribution in [-0.2, 0) is 12.6 Å². The molecule has 0 radical (unpaired) electrons. The topological polar surface area (TPSA) is 49.2 Å². The molecule has 0 aliphatic carbocycles. The minimum Gasteiger partial charge on any atom is -0.437 e. The molecule has 1 aromatic heterocycles. The predicted octanol–water partition coefficient (Wildman–Crippen LogP) is 4.38. The lowest BCUT2D eigenvalue weighted by atomic mass is 9.78. The summed E-state index contributed by atoms with van der Waals surface area (Å²) in [6.07, 6.45) is -0.363. The van der Waals surface area contributed by atoms with E-state index in [0.717, 1.165) is 43.1 Å². The van der Waals surface area contributed by atoms with E-state index in [-0.39, 0.29) is 11.9 Å². The molecule has 2 heterocycles. The van der Waals surface area contributed by atoms with Gasteiger partial charge in [0.15, 0.2) is 0 Å². The number of alkyl halides is 3. The zero-order valence-corrected chi connectivity index (χ0v) is 15.6. The van der Waals surface area contributed by atoms with Crippen LogP contribution in [0.3, 0.4) is 0 Å².